The van der Waals surface area contributed by atoms with E-state index in [9.17, 15) is 4.79 Å². The first-order chi connectivity index (χ1) is 4.83. The van der Waals surface area contributed by atoms with Crippen molar-refractivity contribution in [2.45, 2.75) is 6.92 Å². The quantitative estimate of drug-likeness (QED) is 0.613. The SMILES string of the molecule is Cc1ccc(O[C]=O)cc1. The van der Waals surface area contributed by atoms with Gasteiger partial charge in [-0.2, -0.15) is 0 Å². The summed E-state index contributed by atoms with van der Waals surface area (Å²) in [5.41, 5.74) is 1.14. The lowest BCUT2D eigenvalue weighted by atomic mass is 10.2. The van der Waals surface area contributed by atoms with Gasteiger partial charge in [0.05, 0.1) is 0 Å². The molecular weight excluding hydrogens is 128 g/mol. The second-order valence-corrected chi connectivity index (χ2v) is 2.00. The standard InChI is InChI=1S/C8H7O2/c1-7-2-4-8(5-3-7)10-6-9/h2-5H,1H3. The summed E-state index contributed by atoms with van der Waals surface area (Å²) in [4.78, 5) is 9.71. The molecule has 0 spiro atoms. The summed E-state index contributed by atoms with van der Waals surface area (Å²) in [6.07, 6.45) is 0. The van der Waals surface area contributed by atoms with Gasteiger partial charge in [-0.15, -0.1) is 0 Å². The van der Waals surface area contributed by atoms with Gasteiger partial charge in [0.25, 0.3) is 0 Å². The van der Waals surface area contributed by atoms with Gasteiger partial charge < -0.3 is 4.74 Å². The van der Waals surface area contributed by atoms with Gasteiger partial charge in [0.1, 0.15) is 5.75 Å². The van der Waals surface area contributed by atoms with Crippen LogP contribution in [0, 0.1) is 6.92 Å². The van der Waals surface area contributed by atoms with E-state index in [4.69, 9.17) is 0 Å². The van der Waals surface area contributed by atoms with E-state index in [0.717, 1.165) is 5.56 Å². The zero-order chi connectivity index (χ0) is 7.40. The van der Waals surface area contributed by atoms with Crippen LogP contribution in [0.3, 0.4) is 0 Å². The zero-order valence-corrected chi connectivity index (χ0v) is 5.63. The lowest BCUT2D eigenvalue weighted by Gasteiger charge is -1.94. The van der Waals surface area contributed by atoms with Crippen molar-refractivity contribution in [3.8, 4) is 5.75 Å². The van der Waals surface area contributed by atoms with Crippen LogP contribution in [0.15, 0.2) is 24.3 Å². The van der Waals surface area contributed by atoms with Crippen molar-refractivity contribution in [3.63, 3.8) is 0 Å². The number of hydrogen-bond acceptors (Lipinski definition) is 2. The fraction of sp³-hybridized carbons (Fsp3) is 0.125. The van der Waals surface area contributed by atoms with Crippen molar-refractivity contribution in [2.75, 3.05) is 0 Å². The minimum absolute atomic E-state index is 0.528. The maximum Gasteiger partial charge on any atom is 0.423 e. The van der Waals surface area contributed by atoms with E-state index in [1.807, 2.05) is 19.1 Å². The van der Waals surface area contributed by atoms with Gasteiger partial charge in [-0.25, -0.2) is 4.79 Å². The summed E-state index contributed by atoms with van der Waals surface area (Å²) < 4.78 is 4.46. The van der Waals surface area contributed by atoms with Gasteiger partial charge in [-0.3, -0.25) is 0 Å². The second kappa shape index (κ2) is 3.01. The summed E-state index contributed by atoms with van der Waals surface area (Å²) in [6.45, 7) is 3.32. The van der Waals surface area contributed by atoms with E-state index in [1.54, 1.807) is 12.1 Å². The Morgan fingerprint density at radius 1 is 1.30 bits per heavy atom. The van der Waals surface area contributed by atoms with Crippen LogP contribution in [0.1, 0.15) is 5.56 Å². The number of benzene rings is 1. The average Bonchev–Trinajstić information content (AvgIpc) is 1.95. The largest absolute Gasteiger partial charge is 0.423 e. The molecule has 1 aromatic rings. The van der Waals surface area contributed by atoms with Crippen LogP contribution in [0.2, 0.25) is 0 Å². The van der Waals surface area contributed by atoms with Crippen molar-refractivity contribution in [1.29, 1.82) is 0 Å². The molecule has 1 rings (SSSR count). The van der Waals surface area contributed by atoms with E-state index < -0.39 is 0 Å². The predicted octanol–water partition coefficient (Wildman–Crippen LogP) is 1.44. The number of ether oxygens (including phenoxy) is 1. The Morgan fingerprint density at radius 3 is 2.40 bits per heavy atom. The Labute approximate surface area is 59.4 Å². The topological polar surface area (TPSA) is 26.3 Å². The molecule has 1 aromatic carbocycles. The van der Waals surface area contributed by atoms with E-state index in [0.29, 0.717) is 5.75 Å². The fourth-order valence-electron chi connectivity index (χ4n) is 0.654. The maximum absolute atomic E-state index is 9.71. The number of aryl methyl sites for hydroxylation is 1. The summed E-state index contributed by atoms with van der Waals surface area (Å²) in [7, 11) is 0. The maximum atomic E-state index is 9.71. The third-order valence-corrected chi connectivity index (χ3v) is 1.18. The first-order valence-electron chi connectivity index (χ1n) is 2.93. The minimum Gasteiger partial charge on any atom is -0.418 e. The molecule has 0 aliphatic heterocycles. The predicted molar refractivity (Wildman–Crippen MR) is 37.5 cm³/mol. The molecule has 0 aromatic heterocycles. The Balaban J connectivity index is 2.78. The molecule has 0 saturated carbocycles. The zero-order valence-electron chi connectivity index (χ0n) is 5.63. The third-order valence-electron chi connectivity index (χ3n) is 1.18. The van der Waals surface area contributed by atoms with Gasteiger partial charge in [0.2, 0.25) is 0 Å². The monoisotopic (exact) mass is 135 g/mol. The highest BCUT2D eigenvalue weighted by molar-refractivity contribution is 5.46. The Kier molecular flexibility index (Phi) is 2.05. The molecule has 0 amide bonds. The van der Waals surface area contributed by atoms with Crippen molar-refractivity contribution in [1.82, 2.24) is 0 Å². The first kappa shape index (κ1) is 6.81. The summed E-state index contributed by atoms with van der Waals surface area (Å²) in [5, 5.41) is 0. The molecule has 0 heterocycles. The number of carbonyl (C=O) groups excluding carboxylic acids is 1. The third kappa shape index (κ3) is 1.58. The van der Waals surface area contributed by atoms with E-state index >= 15 is 0 Å². The second-order valence-electron chi connectivity index (χ2n) is 2.00. The van der Waals surface area contributed by atoms with Crippen LogP contribution in [0.25, 0.3) is 0 Å². The molecule has 10 heavy (non-hydrogen) atoms. The van der Waals surface area contributed by atoms with Gasteiger partial charge in [0, 0.05) is 0 Å². The molecule has 0 saturated heterocycles. The van der Waals surface area contributed by atoms with E-state index in [1.165, 1.54) is 6.47 Å². The summed E-state index contributed by atoms with van der Waals surface area (Å²) >= 11 is 0. The molecule has 0 aliphatic rings. The van der Waals surface area contributed by atoms with E-state index in [-0.39, 0.29) is 0 Å². The Morgan fingerprint density at radius 2 is 1.90 bits per heavy atom. The van der Waals surface area contributed by atoms with Crippen LogP contribution in [0.5, 0.6) is 5.75 Å². The van der Waals surface area contributed by atoms with Gasteiger partial charge >= 0.3 is 6.47 Å². The Hall–Kier alpha value is -1.31. The van der Waals surface area contributed by atoms with Crippen LogP contribution in [-0.2, 0) is 4.79 Å². The molecule has 51 valence electrons. The van der Waals surface area contributed by atoms with Gasteiger partial charge in [-0.05, 0) is 19.1 Å². The summed E-state index contributed by atoms with van der Waals surface area (Å²) in [6, 6.07) is 7.18. The van der Waals surface area contributed by atoms with Crippen LogP contribution in [0.4, 0.5) is 0 Å². The van der Waals surface area contributed by atoms with E-state index in [2.05, 4.69) is 4.74 Å². The molecule has 0 N–H and O–H groups in total. The molecular formula is C8H7O2. The highest BCUT2D eigenvalue weighted by atomic mass is 16.5. The molecule has 0 atom stereocenters. The molecule has 1 radical (unpaired) electrons. The molecule has 0 aliphatic carbocycles. The smallest absolute Gasteiger partial charge is 0.418 e. The number of hydrogen-bond donors (Lipinski definition) is 0. The van der Waals surface area contributed by atoms with Crippen LogP contribution in [-0.4, -0.2) is 6.47 Å². The van der Waals surface area contributed by atoms with Gasteiger partial charge in [-0.1, -0.05) is 17.7 Å². The van der Waals surface area contributed by atoms with Crippen molar-refractivity contribution >= 4 is 6.47 Å². The lowest BCUT2D eigenvalue weighted by molar-refractivity contribution is 0.442. The van der Waals surface area contributed by atoms with Gasteiger partial charge in [0.15, 0.2) is 0 Å². The molecule has 2 heteroatoms. The fourth-order valence-corrected chi connectivity index (χ4v) is 0.654. The highest BCUT2D eigenvalue weighted by Crippen LogP contribution is 2.09. The lowest BCUT2D eigenvalue weighted by Crippen LogP contribution is -1.86. The van der Waals surface area contributed by atoms with Crippen molar-refractivity contribution in [2.24, 2.45) is 0 Å². The average molecular weight is 135 g/mol. The molecule has 0 unspecified atom stereocenters. The van der Waals surface area contributed by atoms with Crippen molar-refractivity contribution < 1.29 is 9.53 Å². The minimum atomic E-state index is 0.528. The summed E-state index contributed by atoms with van der Waals surface area (Å²) in [5.74, 6) is 0.528. The normalized spacial score (nSPS) is 8.90. The van der Waals surface area contributed by atoms with Crippen LogP contribution < -0.4 is 4.74 Å². The molecule has 0 fully saturated rings. The highest BCUT2D eigenvalue weighted by Gasteiger charge is 1.89. The van der Waals surface area contributed by atoms with Crippen molar-refractivity contribution in [3.05, 3.63) is 29.8 Å². The molecule has 2 nitrogen and oxygen atoms in total. The number of rotatable bonds is 2. The first-order valence-corrected chi connectivity index (χ1v) is 2.93. The van der Waals surface area contributed by atoms with Crippen LogP contribution >= 0.6 is 0 Å². The Bertz CT molecular complexity index is 213. The molecule has 0 bridgehead atoms.